The monoisotopic (exact) mass is 492 g/mol. The van der Waals surface area contributed by atoms with Crippen molar-refractivity contribution < 1.29 is 19.2 Å². The van der Waals surface area contributed by atoms with Gasteiger partial charge in [-0.15, -0.1) is 0 Å². The van der Waals surface area contributed by atoms with Crippen LogP contribution >= 0.6 is 0 Å². The second kappa shape index (κ2) is 10.3. The average Bonchev–Trinajstić information content (AvgIpc) is 3.26. The molecule has 3 aromatic carbocycles. The number of imide groups is 2. The van der Waals surface area contributed by atoms with Crippen LogP contribution in [0, 0.1) is 0 Å². The molecule has 5 rings (SSSR count). The highest BCUT2D eigenvalue weighted by molar-refractivity contribution is 6.31. The van der Waals surface area contributed by atoms with Crippen molar-refractivity contribution in [2.24, 2.45) is 0 Å². The number of aromatic nitrogens is 1. The minimum atomic E-state index is -0.756. The van der Waals surface area contributed by atoms with Gasteiger partial charge in [-0.3, -0.25) is 24.6 Å². The maximum atomic E-state index is 13.2. The number of nitrogens with one attached hydrogen (secondary N) is 2. The molecule has 184 valence electrons. The van der Waals surface area contributed by atoms with E-state index in [1.54, 1.807) is 22.9 Å². The van der Waals surface area contributed by atoms with E-state index < -0.39 is 17.8 Å². The summed E-state index contributed by atoms with van der Waals surface area (Å²) in [7, 11) is 0. The maximum Gasteiger partial charge on any atom is 0.331 e. The van der Waals surface area contributed by atoms with Crippen LogP contribution in [0.25, 0.3) is 17.0 Å². The van der Waals surface area contributed by atoms with E-state index in [4.69, 9.17) is 0 Å². The molecule has 8 heteroatoms. The molecule has 4 aromatic rings. The summed E-state index contributed by atoms with van der Waals surface area (Å²) in [6.07, 6.45) is 3.21. The quantitative estimate of drug-likeness (QED) is 0.304. The summed E-state index contributed by atoms with van der Waals surface area (Å²) in [5, 5.41) is 5.95. The molecule has 1 aliphatic heterocycles. The van der Waals surface area contributed by atoms with E-state index in [0.717, 1.165) is 26.9 Å². The van der Waals surface area contributed by atoms with Crippen molar-refractivity contribution in [3.63, 3.8) is 0 Å². The van der Waals surface area contributed by atoms with E-state index in [1.807, 2.05) is 72.8 Å². The van der Waals surface area contributed by atoms with Crippen molar-refractivity contribution in [1.82, 2.24) is 20.1 Å². The molecule has 1 aliphatic rings. The fraction of sp³-hybridized carbons (Fsp3) is 0.103. The van der Waals surface area contributed by atoms with Crippen molar-refractivity contribution in [2.75, 3.05) is 0 Å². The van der Waals surface area contributed by atoms with Gasteiger partial charge in [-0.05, 0) is 23.3 Å². The predicted octanol–water partition coefficient (Wildman–Crippen LogP) is 3.62. The van der Waals surface area contributed by atoms with Gasteiger partial charge in [-0.1, -0.05) is 78.9 Å². The molecule has 0 radical (unpaired) electrons. The van der Waals surface area contributed by atoms with Crippen molar-refractivity contribution in [3.8, 4) is 0 Å². The molecule has 0 atom stereocenters. The molecule has 1 fully saturated rings. The zero-order chi connectivity index (χ0) is 25.8. The van der Waals surface area contributed by atoms with E-state index in [0.29, 0.717) is 12.1 Å². The van der Waals surface area contributed by atoms with Gasteiger partial charge in [0, 0.05) is 29.2 Å². The molecule has 0 aliphatic carbocycles. The van der Waals surface area contributed by atoms with E-state index >= 15 is 0 Å². The normalized spacial score (nSPS) is 14.8. The van der Waals surface area contributed by atoms with Crippen LogP contribution < -0.4 is 10.6 Å². The van der Waals surface area contributed by atoms with Crippen molar-refractivity contribution >= 4 is 40.7 Å². The smallest absolute Gasteiger partial charge is 0.331 e. The van der Waals surface area contributed by atoms with E-state index in [1.165, 1.54) is 6.08 Å². The molecule has 8 nitrogen and oxygen atoms in total. The molecule has 0 spiro atoms. The standard InChI is InChI=1S/C29H24N4O4/c34-26(30-16-20-9-3-1-4-10-20)19-32-18-22(23-13-7-8-14-25(23)32)15-24-27(35)31-29(37)33(28(24)36)17-21-11-5-2-6-12-21/h1-15,18H,16-17,19H2,(H,30,34)(H,31,35,37)/b24-15-. The number of carbonyl (C=O) groups excluding carboxylic acids is 4. The van der Waals surface area contributed by atoms with Gasteiger partial charge >= 0.3 is 6.03 Å². The number of benzene rings is 3. The van der Waals surface area contributed by atoms with Crippen molar-refractivity contribution in [3.05, 3.63) is 113 Å². The van der Waals surface area contributed by atoms with Crippen LogP contribution in [0.3, 0.4) is 0 Å². The number of fused-ring (bicyclic) bond motifs is 1. The lowest BCUT2D eigenvalue weighted by atomic mass is 10.1. The fourth-order valence-electron chi connectivity index (χ4n) is 4.29. The van der Waals surface area contributed by atoms with Crippen LogP contribution in [0.4, 0.5) is 4.79 Å². The summed E-state index contributed by atoms with van der Waals surface area (Å²) in [4.78, 5) is 51.9. The lowest BCUT2D eigenvalue weighted by molar-refractivity contribution is -0.130. The Bertz CT molecular complexity index is 1520. The summed E-state index contributed by atoms with van der Waals surface area (Å²) in [5.74, 6) is -1.60. The van der Waals surface area contributed by atoms with E-state index in [2.05, 4.69) is 10.6 Å². The van der Waals surface area contributed by atoms with Gasteiger partial charge in [0.15, 0.2) is 0 Å². The average molecular weight is 493 g/mol. The third-order valence-corrected chi connectivity index (χ3v) is 6.14. The van der Waals surface area contributed by atoms with Crippen LogP contribution in [-0.4, -0.2) is 33.2 Å². The number of urea groups is 1. The van der Waals surface area contributed by atoms with Crippen LogP contribution in [0.5, 0.6) is 0 Å². The van der Waals surface area contributed by atoms with Crippen LogP contribution in [0.2, 0.25) is 0 Å². The SMILES string of the molecule is O=C(Cn1cc(/C=C2/C(=O)NC(=O)N(Cc3ccccc3)C2=O)c2ccccc21)NCc1ccccc1. The zero-order valence-corrected chi connectivity index (χ0v) is 19.9. The first kappa shape index (κ1) is 23.7. The minimum Gasteiger partial charge on any atom is -0.350 e. The summed E-state index contributed by atoms with van der Waals surface area (Å²) < 4.78 is 1.78. The molecule has 2 N–H and O–H groups in total. The highest BCUT2D eigenvalue weighted by Crippen LogP contribution is 2.25. The molecule has 0 bridgehead atoms. The number of nitrogens with zero attached hydrogens (tertiary/aromatic N) is 2. The molecule has 1 aromatic heterocycles. The van der Waals surface area contributed by atoms with Crippen LogP contribution in [-0.2, 0) is 34.0 Å². The van der Waals surface area contributed by atoms with Gasteiger partial charge in [0.2, 0.25) is 5.91 Å². The number of hydrogen-bond donors (Lipinski definition) is 2. The predicted molar refractivity (Wildman–Crippen MR) is 139 cm³/mol. The molecular formula is C29H24N4O4. The number of para-hydroxylation sites is 1. The summed E-state index contributed by atoms with van der Waals surface area (Å²) >= 11 is 0. The molecule has 1 saturated heterocycles. The molecule has 0 saturated carbocycles. The maximum absolute atomic E-state index is 13.2. The lowest BCUT2D eigenvalue weighted by Crippen LogP contribution is -2.53. The Labute approximate surface area is 213 Å². The van der Waals surface area contributed by atoms with Gasteiger partial charge in [0.25, 0.3) is 11.8 Å². The molecule has 0 unspecified atom stereocenters. The summed E-state index contributed by atoms with van der Waals surface area (Å²) in [5.41, 5.74) is 2.99. The Hall–Kier alpha value is -4.98. The van der Waals surface area contributed by atoms with Crippen LogP contribution in [0.15, 0.2) is 96.7 Å². The Morgan fingerprint density at radius 3 is 2.22 bits per heavy atom. The van der Waals surface area contributed by atoms with Gasteiger partial charge in [0.05, 0.1) is 6.54 Å². The lowest BCUT2D eigenvalue weighted by Gasteiger charge is -2.26. The van der Waals surface area contributed by atoms with Crippen molar-refractivity contribution in [1.29, 1.82) is 0 Å². The minimum absolute atomic E-state index is 0.0411. The Morgan fingerprint density at radius 2 is 1.49 bits per heavy atom. The van der Waals surface area contributed by atoms with Gasteiger partial charge in [-0.25, -0.2) is 4.79 Å². The Kier molecular flexibility index (Phi) is 6.63. The third kappa shape index (κ3) is 5.18. The highest BCUT2D eigenvalue weighted by atomic mass is 16.2. The summed E-state index contributed by atoms with van der Waals surface area (Å²) in [6, 6.07) is 25.4. The second-order valence-corrected chi connectivity index (χ2v) is 8.69. The molecule has 2 heterocycles. The van der Waals surface area contributed by atoms with E-state index in [9.17, 15) is 19.2 Å². The molecular weight excluding hydrogens is 468 g/mol. The first-order chi connectivity index (χ1) is 18.0. The Balaban J connectivity index is 1.41. The topological polar surface area (TPSA) is 101 Å². The first-order valence-electron chi connectivity index (χ1n) is 11.8. The van der Waals surface area contributed by atoms with Crippen LogP contribution in [0.1, 0.15) is 16.7 Å². The first-order valence-corrected chi connectivity index (χ1v) is 11.8. The number of carbonyl (C=O) groups is 4. The second-order valence-electron chi connectivity index (χ2n) is 8.69. The molecule has 5 amide bonds. The summed E-state index contributed by atoms with van der Waals surface area (Å²) in [6.45, 7) is 0.518. The highest BCUT2D eigenvalue weighted by Gasteiger charge is 2.35. The fourth-order valence-corrected chi connectivity index (χ4v) is 4.29. The number of amides is 5. The number of barbiturate groups is 1. The van der Waals surface area contributed by atoms with E-state index in [-0.39, 0.29) is 24.6 Å². The van der Waals surface area contributed by atoms with Crippen molar-refractivity contribution in [2.45, 2.75) is 19.6 Å². The zero-order valence-electron chi connectivity index (χ0n) is 19.9. The van der Waals surface area contributed by atoms with Gasteiger partial charge in [0.1, 0.15) is 12.1 Å². The third-order valence-electron chi connectivity index (χ3n) is 6.14. The number of rotatable bonds is 7. The van der Waals surface area contributed by atoms with Gasteiger partial charge in [-0.2, -0.15) is 0 Å². The number of hydrogen-bond acceptors (Lipinski definition) is 4. The molecule has 37 heavy (non-hydrogen) atoms. The van der Waals surface area contributed by atoms with Gasteiger partial charge < -0.3 is 9.88 Å². The Morgan fingerprint density at radius 1 is 0.838 bits per heavy atom. The largest absolute Gasteiger partial charge is 0.350 e.